The van der Waals surface area contributed by atoms with Crippen molar-refractivity contribution in [1.82, 2.24) is 15.5 Å². The van der Waals surface area contributed by atoms with Gasteiger partial charge in [0, 0.05) is 17.7 Å². The number of oxime groups is 1. The third-order valence-electron chi connectivity index (χ3n) is 5.20. The van der Waals surface area contributed by atoms with Crippen LogP contribution < -0.4 is 15.4 Å². The van der Waals surface area contributed by atoms with Crippen molar-refractivity contribution in [3.05, 3.63) is 64.7 Å². The Kier molecular flexibility index (Phi) is 5.52. The average Bonchev–Trinajstić information content (AvgIpc) is 3.26. The van der Waals surface area contributed by atoms with E-state index >= 15 is 0 Å². The van der Waals surface area contributed by atoms with Crippen LogP contribution in [0.5, 0.6) is 5.75 Å². The SMILES string of the molecule is CON=Cc1ccc(C#C[C@]2(CN3Cc4ccc(OC)cc4C3=O)NC(=O)NC2=O)cc1. The van der Waals surface area contributed by atoms with Gasteiger partial charge in [-0.15, -0.1) is 0 Å². The molecule has 2 aromatic rings. The number of amides is 4. The van der Waals surface area contributed by atoms with Gasteiger partial charge in [0.1, 0.15) is 12.9 Å². The van der Waals surface area contributed by atoms with Crippen molar-refractivity contribution < 1.29 is 24.0 Å². The second-order valence-corrected chi connectivity index (χ2v) is 7.29. The Morgan fingerprint density at radius 2 is 1.94 bits per heavy atom. The Hall–Kier alpha value is -4.32. The van der Waals surface area contributed by atoms with Crippen molar-refractivity contribution in [2.75, 3.05) is 20.8 Å². The van der Waals surface area contributed by atoms with Crippen molar-refractivity contribution in [2.24, 2.45) is 5.16 Å². The molecule has 4 rings (SSSR count). The van der Waals surface area contributed by atoms with Crippen molar-refractivity contribution in [1.29, 1.82) is 0 Å². The number of rotatable bonds is 5. The first-order valence-electron chi connectivity index (χ1n) is 9.74. The summed E-state index contributed by atoms with van der Waals surface area (Å²) in [5.41, 5.74) is 1.21. The van der Waals surface area contributed by atoms with E-state index in [0.29, 0.717) is 23.4 Å². The van der Waals surface area contributed by atoms with Crippen LogP contribution in [-0.4, -0.2) is 55.3 Å². The normalized spacial score (nSPS) is 19.3. The van der Waals surface area contributed by atoms with Crippen LogP contribution in [0.25, 0.3) is 0 Å². The van der Waals surface area contributed by atoms with Crippen LogP contribution in [0.2, 0.25) is 0 Å². The van der Waals surface area contributed by atoms with E-state index in [1.165, 1.54) is 19.1 Å². The number of urea groups is 1. The summed E-state index contributed by atoms with van der Waals surface area (Å²) in [5, 5.41) is 8.51. The van der Waals surface area contributed by atoms with Gasteiger partial charge >= 0.3 is 6.03 Å². The molecule has 0 radical (unpaired) electrons. The van der Waals surface area contributed by atoms with Crippen LogP contribution in [0.4, 0.5) is 4.79 Å². The standard InChI is InChI=1S/C23H20N4O5/c1-31-18-8-7-17-13-27(20(28)19(17)11-18)14-23(21(29)25-22(30)26-23)10-9-15-3-5-16(6-4-15)12-24-32-2/h3-8,11-12H,13-14H2,1-2H3,(H2,25,26,29,30)/t23-/m1/s1. The topological polar surface area (TPSA) is 109 Å². The lowest BCUT2D eigenvalue weighted by molar-refractivity contribution is -0.122. The van der Waals surface area contributed by atoms with E-state index in [4.69, 9.17) is 4.74 Å². The van der Waals surface area contributed by atoms with E-state index in [1.54, 1.807) is 42.6 Å². The summed E-state index contributed by atoms with van der Waals surface area (Å²) in [7, 11) is 2.98. The maximum atomic E-state index is 12.9. The molecule has 0 bridgehead atoms. The predicted octanol–water partition coefficient (Wildman–Crippen LogP) is 1.26. The average molecular weight is 432 g/mol. The molecule has 0 aromatic heterocycles. The summed E-state index contributed by atoms with van der Waals surface area (Å²) in [4.78, 5) is 43.7. The van der Waals surface area contributed by atoms with Gasteiger partial charge in [-0.05, 0) is 35.4 Å². The van der Waals surface area contributed by atoms with E-state index in [9.17, 15) is 14.4 Å². The molecule has 32 heavy (non-hydrogen) atoms. The number of benzene rings is 2. The number of hydrogen-bond acceptors (Lipinski definition) is 6. The lowest BCUT2D eigenvalue weighted by atomic mass is 9.99. The third kappa shape index (κ3) is 3.98. The van der Waals surface area contributed by atoms with E-state index < -0.39 is 17.5 Å². The summed E-state index contributed by atoms with van der Waals surface area (Å²) >= 11 is 0. The van der Waals surface area contributed by atoms with Crippen LogP contribution in [0.15, 0.2) is 47.6 Å². The number of hydrogen-bond donors (Lipinski definition) is 2. The van der Waals surface area contributed by atoms with E-state index in [0.717, 1.165) is 11.1 Å². The highest BCUT2D eigenvalue weighted by molar-refractivity contribution is 6.10. The molecule has 1 atom stereocenters. The van der Waals surface area contributed by atoms with E-state index in [-0.39, 0.29) is 12.5 Å². The quantitative estimate of drug-likeness (QED) is 0.320. The number of carbonyl (C=O) groups is 3. The number of carbonyl (C=O) groups excluding carboxylic acids is 3. The Morgan fingerprint density at radius 1 is 1.16 bits per heavy atom. The minimum Gasteiger partial charge on any atom is -0.497 e. The molecular weight excluding hydrogens is 412 g/mol. The summed E-state index contributed by atoms with van der Waals surface area (Å²) in [6.45, 7) is 0.213. The maximum Gasteiger partial charge on any atom is 0.323 e. The van der Waals surface area contributed by atoms with Crippen molar-refractivity contribution in [2.45, 2.75) is 12.1 Å². The summed E-state index contributed by atoms with van der Waals surface area (Å²) in [5.74, 6) is 5.53. The summed E-state index contributed by atoms with van der Waals surface area (Å²) in [6, 6.07) is 11.7. The Balaban J connectivity index is 1.60. The highest BCUT2D eigenvalue weighted by atomic mass is 16.6. The van der Waals surface area contributed by atoms with Gasteiger partial charge in [0.15, 0.2) is 0 Å². The van der Waals surface area contributed by atoms with Crippen molar-refractivity contribution in [3.63, 3.8) is 0 Å². The van der Waals surface area contributed by atoms with Crippen LogP contribution >= 0.6 is 0 Å². The number of methoxy groups -OCH3 is 1. The molecule has 0 aliphatic carbocycles. The number of ether oxygens (including phenoxy) is 1. The molecule has 2 N–H and O–H groups in total. The fourth-order valence-electron chi connectivity index (χ4n) is 3.56. The lowest BCUT2D eigenvalue weighted by Crippen LogP contribution is -2.54. The molecule has 2 aliphatic rings. The molecule has 0 spiro atoms. The Labute approximate surface area is 184 Å². The Bertz CT molecular complexity index is 1180. The first-order chi connectivity index (χ1) is 15.4. The van der Waals surface area contributed by atoms with Gasteiger partial charge in [-0.1, -0.05) is 35.2 Å². The van der Waals surface area contributed by atoms with Gasteiger partial charge in [0.25, 0.3) is 11.8 Å². The molecule has 4 amide bonds. The van der Waals surface area contributed by atoms with Crippen LogP contribution in [0.3, 0.4) is 0 Å². The molecule has 2 heterocycles. The second kappa shape index (κ2) is 8.43. The number of fused-ring (bicyclic) bond motifs is 1. The molecule has 162 valence electrons. The van der Waals surface area contributed by atoms with Crippen molar-refractivity contribution >= 4 is 24.1 Å². The van der Waals surface area contributed by atoms with E-state index in [2.05, 4.69) is 32.5 Å². The number of imide groups is 1. The van der Waals surface area contributed by atoms with Crippen LogP contribution in [-0.2, 0) is 16.2 Å². The number of nitrogens with zero attached hydrogens (tertiary/aromatic N) is 2. The smallest absolute Gasteiger partial charge is 0.323 e. The Morgan fingerprint density at radius 3 is 2.59 bits per heavy atom. The third-order valence-corrected chi connectivity index (χ3v) is 5.20. The molecule has 2 aromatic carbocycles. The van der Waals surface area contributed by atoms with E-state index in [1.807, 2.05) is 6.07 Å². The van der Waals surface area contributed by atoms with Gasteiger partial charge in [-0.25, -0.2) is 4.79 Å². The number of nitrogens with one attached hydrogen (secondary N) is 2. The molecule has 0 saturated carbocycles. The van der Waals surface area contributed by atoms with Gasteiger partial charge in [-0.2, -0.15) is 0 Å². The van der Waals surface area contributed by atoms with Crippen LogP contribution in [0.1, 0.15) is 27.0 Å². The summed E-state index contributed by atoms with van der Waals surface area (Å²) in [6.07, 6.45) is 1.55. The molecule has 9 heteroatoms. The highest BCUT2D eigenvalue weighted by Gasteiger charge is 2.48. The minimum atomic E-state index is -1.56. The molecule has 9 nitrogen and oxygen atoms in total. The molecule has 2 aliphatic heterocycles. The zero-order valence-corrected chi connectivity index (χ0v) is 17.5. The zero-order valence-electron chi connectivity index (χ0n) is 17.5. The minimum absolute atomic E-state index is 0.0913. The molecule has 1 saturated heterocycles. The predicted molar refractivity (Wildman–Crippen MR) is 115 cm³/mol. The first-order valence-corrected chi connectivity index (χ1v) is 9.74. The zero-order chi connectivity index (χ0) is 22.7. The lowest BCUT2D eigenvalue weighted by Gasteiger charge is -2.26. The van der Waals surface area contributed by atoms with Gasteiger partial charge < -0.3 is 19.8 Å². The van der Waals surface area contributed by atoms with Crippen molar-refractivity contribution in [3.8, 4) is 17.6 Å². The van der Waals surface area contributed by atoms with Gasteiger partial charge in [0.2, 0.25) is 5.54 Å². The van der Waals surface area contributed by atoms with Gasteiger partial charge in [-0.3, -0.25) is 14.9 Å². The summed E-state index contributed by atoms with van der Waals surface area (Å²) < 4.78 is 5.20. The van der Waals surface area contributed by atoms with Crippen LogP contribution in [0, 0.1) is 11.8 Å². The second-order valence-electron chi connectivity index (χ2n) is 7.29. The highest BCUT2D eigenvalue weighted by Crippen LogP contribution is 2.28. The first kappa shape index (κ1) is 20.9. The molecular formula is C23H20N4O5. The fourth-order valence-corrected chi connectivity index (χ4v) is 3.56. The monoisotopic (exact) mass is 432 g/mol. The molecule has 0 unspecified atom stereocenters. The largest absolute Gasteiger partial charge is 0.497 e. The molecule has 1 fully saturated rings. The maximum absolute atomic E-state index is 12.9. The van der Waals surface area contributed by atoms with Gasteiger partial charge in [0.05, 0.1) is 19.9 Å². The fraction of sp³-hybridized carbons (Fsp3) is 0.217.